The van der Waals surface area contributed by atoms with Gasteiger partial charge < -0.3 is 0 Å². The SMILES string of the molecule is C=C(C)[C@@H]1CC[C@]2(CC)CC[C@]3(C)C(CC[C@@H]4[C@@]5(C)CC=C(C)C(C)(C)[C@@H]5CC[C@]43C)[C@@H]12. The van der Waals surface area contributed by atoms with Crippen LogP contribution in [0.1, 0.15) is 120 Å². The standard InChI is InChI=1S/C32H52/c1-10-32-18-14-23(21(2)3)27(32)24-11-12-26-29(7)16-13-22(4)28(5,6)25(29)15-17-31(26,9)30(24,8)19-20-32/h13,23-27H,2,10-12,14-20H2,1,3-9H3/t23-,24?,25-,26+,27+,29-,30+,31+,32+/m0/s1. The first-order valence-corrected chi connectivity index (χ1v) is 14.2. The zero-order valence-corrected chi connectivity index (χ0v) is 22.7. The second kappa shape index (κ2) is 7.01. The van der Waals surface area contributed by atoms with Gasteiger partial charge in [-0.2, -0.15) is 0 Å². The summed E-state index contributed by atoms with van der Waals surface area (Å²) in [7, 11) is 0. The number of fused-ring (bicyclic) bond motifs is 7. The van der Waals surface area contributed by atoms with Crippen molar-refractivity contribution in [2.24, 2.45) is 56.7 Å². The third kappa shape index (κ3) is 2.62. The van der Waals surface area contributed by atoms with Gasteiger partial charge in [0.25, 0.3) is 0 Å². The fourth-order valence-corrected chi connectivity index (χ4v) is 11.6. The minimum atomic E-state index is 0.368. The summed E-state index contributed by atoms with van der Waals surface area (Å²) in [6.45, 7) is 25.2. The van der Waals surface area contributed by atoms with Gasteiger partial charge in [-0.05, 0) is 128 Å². The van der Waals surface area contributed by atoms with Crippen LogP contribution in [-0.4, -0.2) is 0 Å². The van der Waals surface area contributed by atoms with Crippen molar-refractivity contribution >= 4 is 0 Å². The lowest BCUT2D eigenvalue weighted by atomic mass is 9.32. The van der Waals surface area contributed by atoms with Crippen molar-refractivity contribution in [2.75, 3.05) is 0 Å². The fourth-order valence-electron chi connectivity index (χ4n) is 11.6. The molecule has 0 aromatic rings. The molecule has 0 radical (unpaired) electrons. The average molecular weight is 437 g/mol. The van der Waals surface area contributed by atoms with E-state index in [-0.39, 0.29) is 0 Å². The first kappa shape index (κ1) is 23.2. The average Bonchev–Trinajstić information content (AvgIpc) is 3.12. The Morgan fingerprint density at radius 2 is 1.62 bits per heavy atom. The van der Waals surface area contributed by atoms with Crippen molar-refractivity contribution in [3.05, 3.63) is 23.8 Å². The highest BCUT2D eigenvalue weighted by Gasteiger charge is 2.69. The monoisotopic (exact) mass is 436 g/mol. The Bertz CT molecular complexity index is 829. The van der Waals surface area contributed by atoms with Gasteiger partial charge in [0.2, 0.25) is 0 Å². The molecule has 0 bridgehead atoms. The maximum absolute atomic E-state index is 4.53. The molecule has 180 valence electrons. The van der Waals surface area contributed by atoms with Crippen LogP contribution in [-0.2, 0) is 0 Å². The highest BCUT2D eigenvalue weighted by atomic mass is 14.7. The summed E-state index contributed by atoms with van der Waals surface area (Å²) in [5.41, 5.74) is 5.62. The summed E-state index contributed by atoms with van der Waals surface area (Å²) in [5.74, 6) is 4.34. The summed E-state index contributed by atoms with van der Waals surface area (Å²) >= 11 is 0. The van der Waals surface area contributed by atoms with Gasteiger partial charge in [-0.3, -0.25) is 0 Å². The largest absolute Gasteiger partial charge is 0.0998 e. The quantitative estimate of drug-likeness (QED) is 0.378. The first-order chi connectivity index (χ1) is 14.9. The van der Waals surface area contributed by atoms with Gasteiger partial charge >= 0.3 is 0 Å². The molecule has 1 unspecified atom stereocenters. The number of rotatable bonds is 2. The summed E-state index contributed by atoms with van der Waals surface area (Å²) in [5, 5.41) is 0. The van der Waals surface area contributed by atoms with Gasteiger partial charge in [-0.25, -0.2) is 0 Å². The van der Waals surface area contributed by atoms with Crippen LogP contribution in [0.3, 0.4) is 0 Å². The molecule has 0 amide bonds. The zero-order valence-electron chi connectivity index (χ0n) is 22.7. The van der Waals surface area contributed by atoms with E-state index in [0.717, 1.165) is 29.6 Å². The van der Waals surface area contributed by atoms with Crippen LogP contribution in [0.25, 0.3) is 0 Å². The van der Waals surface area contributed by atoms with E-state index in [1.165, 1.54) is 69.8 Å². The van der Waals surface area contributed by atoms with Crippen LogP contribution >= 0.6 is 0 Å². The molecule has 32 heavy (non-hydrogen) atoms. The van der Waals surface area contributed by atoms with Crippen LogP contribution < -0.4 is 0 Å². The van der Waals surface area contributed by atoms with Gasteiger partial charge in [0.05, 0.1) is 0 Å². The van der Waals surface area contributed by atoms with Gasteiger partial charge in [-0.15, -0.1) is 0 Å². The third-order valence-corrected chi connectivity index (χ3v) is 13.9. The molecule has 0 aromatic heterocycles. The topological polar surface area (TPSA) is 0 Å². The van der Waals surface area contributed by atoms with Crippen LogP contribution in [0, 0.1) is 56.7 Å². The number of hydrogen-bond acceptors (Lipinski definition) is 0. The molecular weight excluding hydrogens is 384 g/mol. The highest BCUT2D eigenvalue weighted by molar-refractivity contribution is 5.26. The molecular formula is C32H52. The summed E-state index contributed by atoms with van der Waals surface area (Å²) in [4.78, 5) is 0. The van der Waals surface area contributed by atoms with E-state index in [2.05, 4.69) is 68.0 Å². The molecule has 0 heteroatoms. The van der Waals surface area contributed by atoms with Crippen molar-refractivity contribution in [3.63, 3.8) is 0 Å². The second-order valence-electron chi connectivity index (χ2n) is 14.7. The Hall–Kier alpha value is -0.520. The van der Waals surface area contributed by atoms with E-state index in [1.54, 1.807) is 5.57 Å². The predicted molar refractivity (Wildman–Crippen MR) is 138 cm³/mol. The summed E-state index contributed by atoms with van der Waals surface area (Å²) in [6, 6.07) is 0. The second-order valence-corrected chi connectivity index (χ2v) is 14.7. The van der Waals surface area contributed by atoms with E-state index in [1.807, 2.05) is 0 Å². The summed E-state index contributed by atoms with van der Waals surface area (Å²) in [6.07, 6.45) is 17.1. The normalized spacial score (nSPS) is 54.0. The Kier molecular flexibility index (Phi) is 5.09. The lowest BCUT2D eigenvalue weighted by molar-refractivity contribution is -0.227. The Morgan fingerprint density at radius 3 is 2.28 bits per heavy atom. The molecule has 4 fully saturated rings. The summed E-state index contributed by atoms with van der Waals surface area (Å²) < 4.78 is 0. The van der Waals surface area contributed by atoms with E-state index in [4.69, 9.17) is 0 Å². The molecule has 0 nitrogen and oxygen atoms in total. The lowest BCUT2D eigenvalue weighted by Gasteiger charge is -2.72. The van der Waals surface area contributed by atoms with Crippen molar-refractivity contribution in [2.45, 2.75) is 120 Å². The third-order valence-electron chi connectivity index (χ3n) is 13.9. The van der Waals surface area contributed by atoms with E-state index >= 15 is 0 Å². The maximum atomic E-state index is 4.53. The Labute approximate surface area is 200 Å². The van der Waals surface area contributed by atoms with Gasteiger partial charge in [0, 0.05) is 0 Å². The number of allylic oxidation sites excluding steroid dienone is 3. The molecule has 5 rings (SSSR count). The zero-order chi connectivity index (χ0) is 23.3. The smallest absolute Gasteiger partial charge is 0.0114 e. The molecule has 5 aliphatic carbocycles. The molecule has 0 aliphatic heterocycles. The van der Waals surface area contributed by atoms with Crippen LogP contribution in [0.5, 0.6) is 0 Å². The molecule has 0 heterocycles. The van der Waals surface area contributed by atoms with Crippen LogP contribution in [0.15, 0.2) is 23.8 Å². The van der Waals surface area contributed by atoms with Gasteiger partial charge in [0.15, 0.2) is 0 Å². The predicted octanol–water partition coefficient (Wildman–Crippen LogP) is 9.61. The fraction of sp³-hybridized carbons (Fsp3) is 0.875. The Morgan fingerprint density at radius 1 is 0.906 bits per heavy atom. The van der Waals surface area contributed by atoms with Gasteiger partial charge in [-0.1, -0.05) is 71.8 Å². The van der Waals surface area contributed by atoms with Crippen LogP contribution in [0.4, 0.5) is 0 Å². The minimum Gasteiger partial charge on any atom is -0.0998 e. The Balaban J connectivity index is 1.56. The number of hydrogen-bond donors (Lipinski definition) is 0. The van der Waals surface area contributed by atoms with E-state index in [9.17, 15) is 0 Å². The van der Waals surface area contributed by atoms with E-state index < -0.39 is 0 Å². The molecule has 0 saturated heterocycles. The van der Waals surface area contributed by atoms with Crippen molar-refractivity contribution in [3.8, 4) is 0 Å². The molecule has 0 spiro atoms. The molecule has 5 aliphatic rings. The first-order valence-electron chi connectivity index (χ1n) is 14.2. The molecule has 9 atom stereocenters. The van der Waals surface area contributed by atoms with Crippen LogP contribution in [0.2, 0.25) is 0 Å². The highest BCUT2D eigenvalue weighted by Crippen LogP contribution is 2.77. The van der Waals surface area contributed by atoms with Gasteiger partial charge in [0.1, 0.15) is 0 Å². The lowest BCUT2D eigenvalue weighted by Crippen LogP contribution is -2.65. The molecule has 0 N–H and O–H groups in total. The maximum Gasteiger partial charge on any atom is -0.0114 e. The van der Waals surface area contributed by atoms with Crippen molar-refractivity contribution < 1.29 is 0 Å². The minimum absolute atomic E-state index is 0.368. The molecule has 0 aromatic carbocycles. The molecule has 4 saturated carbocycles. The van der Waals surface area contributed by atoms with Crippen molar-refractivity contribution in [1.82, 2.24) is 0 Å². The van der Waals surface area contributed by atoms with Crippen molar-refractivity contribution in [1.29, 1.82) is 0 Å². The van der Waals surface area contributed by atoms with E-state index in [0.29, 0.717) is 27.1 Å².